The minimum Gasteiger partial charge on any atom is -0.354 e. The second-order valence-electron chi connectivity index (χ2n) is 5.90. The van der Waals surface area contributed by atoms with E-state index in [0.717, 1.165) is 37.3 Å². The summed E-state index contributed by atoms with van der Waals surface area (Å²) in [4.78, 5) is 12.6. The molecule has 1 aromatic heterocycles. The third kappa shape index (κ3) is 3.72. The lowest BCUT2D eigenvalue weighted by Gasteiger charge is -2.16. The minimum absolute atomic E-state index is 0.246. The second kappa shape index (κ2) is 6.12. The lowest BCUT2D eigenvalue weighted by molar-refractivity contribution is 0.427. The van der Waals surface area contributed by atoms with Gasteiger partial charge in [0, 0.05) is 13.1 Å². The first-order valence-electron chi connectivity index (χ1n) is 7.65. The zero-order valence-corrected chi connectivity index (χ0v) is 12.7. The molecule has 0 unspecified atom stereocenters. The van der Waals surface area contributed by atoms with E-state index in [-0.39, 0.29) is 5.28 Å². The highest BCUT2D eigenvalue weighted by Gasteiger charge is 2.41. The van der Waals surface area contributed by atoms with Gasteiger partial charge in [-0.15, -0.1) is 0 Å². The van der Waals surface area contributed by atoms with Crippen LogP contribution in [0.25, 0.3) is 0 Å². The number of aromatic nitrogens is 3. The van der Waals surface area contributed by atoms with Crippen LogP contribution >= 0.6 is 11.6 Å². The number of nitrogens with zero attached hydrogens (tertiary/aromatic N) is 3. The van der Waals surface area contributed by atoms with Crippen LogP contribution in [0, 0.1) is 17.8 Å². The van der Waals surface area contributed by atoms with Crippen LogP contribution in [0.1, 0.15) is 39.0 Å². The van der Waals surface area contributed by atoms with Gasteiger partial charge in [0.1, 0.15) is 0 Å². The zero-order chi connectivity index (χ0) is 13.9. The minimum atomic E-state index is 0.246. The van der Waals surface area contributed by atoms with Crippen molar-refractivity contribution in [2.24, 2.45) is 17.8 Å². The molecule has 0 atom stereocenters. The van der Waals surface area contributed by atoms with Gasteiger partial charge in [-0.1, -0.05) is 6.92 Å². The van der Waals surface area contributed by atoms with Gasteiger partial charge in [-0.2, -0.15) is 15.0 Å². The Labute approximate surface area is 124 Å². The van der Waals surface area contributed by atoms with Crippen LogP contribution < -0.4 is 10.6 Å². The molecule has 0 aromatic carbocycles. The average Bonchev–Trinajstić information content (AvgIpc) is 3.28. The van der Waals surface area contributed by atoms with E-state index in [1.54, 1.807) is 0 Å². The molecule has 2 saturated carbocycles. The fraction of sp³-hybridized carbons (Fsp3) is 0.786. The first-order valence-corrected chi connectivity index (χ1v) is 8.03. The fourth-order valence-electron chi connectivity index (χ4n) is 2.72. The Kier molecular flexibility index (Phi) is 4.24. The Bertz CT molecular complexity index is 447. The number of halogens is 1. The van der Waals surface area contributed by atoms with Crippen molar-refractivity contribution in [3.05, 3.63) is 5.28 Å². The standard InChI is InChI=1S/C14H22ClN5/c1-2-7-16-13-18-12(15)19-14(20-13)17-8-11(9-3-4-9)10-5-6-10/h9-11H,2-8H2,1H3,(H2,16,17,18,19,20). The van der Waals surface area contributed by atoms with Crippen LogP contribution in [0.5, 0.6) is 0 Å². The van der Waals surface area contributed by atoms with Crippen molar-refractivity contribution in [3.63, 3.8) is 0 Å². The molecule has 2 N–H and O–H groups in total. The molecule has 0 bridgehead atoms. The van der Waals surface area contributed by atoms with Crippen molar-refractivity contribution in [1.82, 2.24) is 15.0 Å². The van der Waals surface area contributed by atoms with Gasteiger partial charge in [0.25, 0.3) is 0 Å². The molecule has 2 fully saturated rings. The molecule has 6 heteroatoms. The Hall–Kier alpha value is -1.10. The molecule has 1 heterocycles. The van der Waals surface area contributed by atoms with Gasteiger partial charge in [0.15, 0.2) is 0 Å². The highest BCUT2D eigenvalue weighted by Crippen LogP contribution is 2.49. The molecule has 20 heavy (non-hydrogen) atoms. The SMILES string of the molecule is CCCNc1nc(Cl)nc(NCC(C2CC2)C2CC2)n1. The third-order valence-corrected chi connectivity index (χ3v) is 4.26. The van der Waals surface area contributed by atoms with Gasteiger partial charge in [-0.25, -0.2) is 0 Å². The largest absolute Gasteiger partial charge is 0.354 e. The van der Waals surface area contributed by atoms with Gasteiger partial charge < -0.3 is 10.6 Å². The van der Waals surface area contributed by atoms with E-state index in [1.165, 1.54) is 25.7 Å². The maximum Gasteiger partial charge on any atom is 0.228 e. The second-order valence-corrected chi connectivity index (χ2v) is 6.24. The summed E-state index contributed by atoms with van der Waals surface area (Å²) in [5, 5.41) is 6.75. The maximum atomic E-state index is 5.95. The first-order chi connectivity index (χ1) is 9.76. The molecule has 0 spiro atoms. The molecule has 2 aliphatic carbocycles. The number of hydrogen-bond donors (Lipinski definition) is 2. The Morgan fingerprint density at radius 1 is 1.05 bits per heavy atom. The van der Waals surface area contributed by atoms with Gasteiger partial charge in [0.2, 0.25) is 17.2 Å². The van der Waals surface area contributed by atoms with Crippen molar-refractivity contribution < 1.29 is 0 Å². The molecule has 0 amide bonds. The Morgan fingerprint density at radius 2 is 1.65 bits per heavy atom. The van der Waals surface area contributed by atoms with Gasteiger partial charge in [-0.05, 0) is 61.5 Å². The first kappa shape index (κ1) is 13.9. The quantitative estimate of drug-likeness (QED) is 0.771. The highest BCUT2D eigenvalue weighted by atomic mass is 35.5. The Morgan fingerprint density at radius 3 is 2.20 bits per heavy atom. The molecular formula is C14H22ClN5. The zero-order valence-electron chi connectivity index (χ0n) is 11.9. The van der Waals surface area contributed by atoms with Crippen molar-refractivity contribution >= 4 is 23.5 Å². The van der Waals surface area contributed by atoms with Crippen molar-refractivity contribution in [2.45, 2.75) is 39.0 Å². The third-order valence-electron chi connectivity index (χ3n) is 4.09. The summed E-state index contributed by atoms with van der Waals surface area (Å²) in [6.07, 6.45) is 6.60. The van der Waals surface area contributed by atoms with Crippen LogP contribution in [0.4, 0.5) is 11.9 Å². The molecule has 5 nitrogen and oxygen atoms in total. The predicted molar refractivity (Wildman–Crippen MR) is 81.0 cm³/mol. The summed E-state index contributed by atoms with van der Waals surface area (Å²) in [7, 11) is 0. The normalized spacial score (nSPS) is 18.4. The number of rotatable bonds is 8. The molecule has 0 aliphatic heterocycles. The van der Waals surface area contributed by atoms with Gasteiger partial charge in [0.05, 0.1) is 0 Å². The van der Waals surface area contributed by atoms with E-state index in [0.29, 0.717) is 11.9 Å². The average molecular weight is 296 g/mol. The summed E-state index contributed by atoms with van der Waals surface area (Å²) < 4.78 is 0. The topological polar surface area (TPSA) is 62.7 Å². The van der Waals surface area contributed by atoms with E-state index in [9.17, 15) is 0 Å². The van der Waals surface area contributed by atoms with Crippen LogP contribution in [-0.4, -0.2) is 28.0 Å². The van der Waals surface area contributed by atoms with Crippen molar-refractivity contribution in [3.8, 4) is 0 Å². The van der Waals surface area contributed by atoms with E-state index in [4.69, 9.17) is 11.6 Å². The molecule has 3 rings (SSSR count). The maximum absolute atomic E-state index is 5.95. The number of nitrogens with one attached hydrogen (secondary N) is 2. The highest BCUT2D eigenvalue weighted by molar-refractivity contribution is 6.28. The summed E-state index contributed by atoms with van der Waals surface area (Å²) >= 11 is 5.95. The number of hydrogen-bond acceptors (Lipinski definition) is 5. The van der Waals surface area contributed by atoms with Crippen LogP contribution in [-0.2, 0) is 0 Å². The summed E-state index contributed by atoms with van der Waals surface area (Å²) in [6, 6.07) is 0. The number of anilines is 2. The van der Waals surface area contributed by atoms with E-state index < -0.39 is 0 Å². The molecule has 110 valence electrons. The van der Waals surface area contributed by atoms with Gasteiger partial charge in [-0.3, -0.25) is 0 Å². The van der Waals surface area contributed by atoms with Crippen LogP contribution in [0.15, 0.2) is 0 Å². The van der Waals surface area contributed by atoms with E-state index >= 15 is 0 Å². The predicted octanol–water partition coefficient (Wildman–Crippen LogP) is 3.20. The summed E-state index contributed by atoms with van der Waals surface area (Å²) in [6.45, 7) is 3.90. The smallest absolute Gasteiger partial charge is 0.228 e. The van der Waals surface area contributed by atoms with E-state index in [2.05, 4.69) is 32.5 Å². The lowest BCUT2D eigenvalue weighted by atomic mass is 9.98. The molecule has 0 radical (unpaired) electrons. The molecule has 1 aromatic rings. The summed E-state index contributed by atoms with van der Waals surface area (Å²) in [5.74, 6) is 3.78. The summed E-state index contributed by atoms with van der Waals surface area (Å²) in [5.41, 5.74) is 0. The molecular weight excluding hydrogens is 274 g/mol. The molecule has 2 aliphatic rings. The van der Waals surface area contributed by atoms with Crippen LogP contribution in [0.2, 0.25) is 5.28 Å². The fourth-order valence-corrected chi connectivity index (χ4v) is 2.88. The lowest BCUT2D eigenvalue weighted by Crippen LogP contribution is -2.20. The monoisotopic (exact) mass is 295 g/mol. The molecule has 0 saturated heterocycles. The van der Waals surface area contributed by atoms with Crippen LogP contribution in [0.3, 0.4) is 0 Å². The Balaban J connectivity index is 1.59. The van der Waals surface area contributed by atoms with Crippen molar-refractivity contribution in [2.75, 3.05) is 23.7 Å². The van der Waals surface area contributed by atoms with Crippen molar-refractivity contribution in [1.29, 1.82) is 0 Å². The van der Waals surface area contributed by atoms with Gasteiger partial charge >= 0.3 is 0 Å². The van der Waals surface area contributed by atoms with E-state index in [1.807, 2.05) is 0 Å².